The number of carbonyl (C=O) groups excluding carboxylic acids is 2. The fraction of sp³-hybridized carbons (Fsp3) is 0.423. The zero-order valence-electron chi connectivity index (χ0n) is 20.9. The molecule has 192 valence electrons. The number of aliphatic carboxylic acids is 2. The van der Waals surface area contributed by atoms with Gasteiger partial charge in [-0.05, 0) is 41.5 Å². The maximum atomic E-state index is 14.0. The number of carbonyl (C=O) groups is 4. The van der Waals surface area contributed by atoms with E-state index in [9.17, 15) is 24.3 Å². The van der Waals surface area contributed by atoms with Gasteiger partial charge in [-0.2, -0.15) is 0 Å². The minimum Gasteiger partial charge on any atom is -0.480 e. The molecule has 0 bridgehead atoms. The summed E-state index contributed by atoms with van der Waals surface area (Å²) in [6, 6.07) is 5.89. The number of rotatable bonds is 8. The molecule has 0 spiro atoms. The highest BCUT2D eigenvalue weighted by atomic mass is 32.1. The lowest BCUT2D eigenvalue weighted by Gasteiger charge is -2.39. The van der Waals surface area contributed by atoms with E-state index < -0.39 is 41.9 Å². The summed E-state index contributed by atoms with van der Waals surface area (Å²) in [7, 11) is 0. The van der Waals surface area contributed by atoms with E-state index >= 15 is 0 Å². The highest BCUT2D eigenvalue weighted by Crippen LogP contribution is 2.47. The maximum Gasteiger partial charge on any atom is 0.333 e. The second kappa shape index (κ2) is 10.2. The smallest absolute Gasteiger partial charge is 0.333 e. The average molecular weight is 514 g/mol. The standard InChI is InChI=1S/C26H31N3O6S/c1-15(2)12-26(24(34)35)13-18(21(32)28-14-19(30)31)20(22-27-10-11-36-22)29(26)23(33)16-6-8-17(9-7-16)25(3,4)5/h6-11,13,15,20H,12,14H2,1-5H3,(H,28,32)(H,30,31)(H,34,35)/t20-,26-/m0/s1. The molecule has 1 aliphatic rings. The Bertz CT molecular complexity index is 1180. The summed E-state index contributed by atoms with van der Waals surface area (Å²) in [6.07, 6.45) is 2.85. The predicted molar refractivity (Wildman–Crippen MR) is 135 cm³/mol. The molecule has 36 heavy (non-hydrogen) atoms. The second-order valence-corrected chi connectivity index (χ2v) is 11.2. The van der Waals surface area contributed by atoms with E-state index in [0.29, 0.717) is 5.01 Å². The number of nitrogens with zero attached hydrogens (tertiary/aromatic N) is 2. The molecule has 3 N–H and O–H groups in total. The monoisotopic (exact) mass is 513 g/mol. The summed E-state index contributed by atoms with van der Waals surface area (Å²) in [5.74, 6) is -3.99. The lowest BCUT2D eigenvalue weighted by Crippen LogP contribution is -2.55. The molecule has 2 amide bonds. The Labute approximate surface area is 213 Å². The molecule has 0 unspecified atom stereocenters. The van der Waals surface area contributed by atoms with Crippen molar-refractivity contribution in [3.05, 3.63) is 63.6 Å². The molecule has 0 fully saturated rings. The van der Waals surface area contributed by atoms with E-state index in [2.05, 4.69) is 10.3 Å². The molecule has 10 heteroatoms. The molecule has 2 heterocycles. The molecule has 0 aliphatic carbocycles. The van der Waals surface area contributed by atoms with Gasteiger partial charge in [0.1, 0.15) is 17.6 Å². The molecule has 9 nitrogen and oxygen atoms in total. The molecule has 2 atom stereocenters. The fourth-order valence-electron chi connectivity index (χ4n) is 4.42. The first kappa shape index (κ1) is 27.1. The zero-order valence-corrected chi connectivity index (χ0v) is 21.8. The number of hydrogen-bond acceptors (Lipinski definition) is 6. The lowest BCUT2D eigenvalue weighted by molar-refractivity contribution is -0.148. The number of carboxylic acids is 2. The van der Waals surface area contributed by atoms with E-state index in [1.807, 2.05) is 46.8 Å². The van der Waals surface area contributed by atoms with Crippen molar-refractivity contribution in [2.24, 2.45) is 5.92 Å². The lowest BCUT2D eigenvalue weighted by atomic mass is 9.86. The van der Waals surface area contributed by atoms with E-state index in [1.165, 1.54) is 28.5 Å². The summed E-state index contributed by atoms with van der Waals surface area (Å²) < 4.78 is 0. The minimum absolute atomic E-state index is 0.0195. The zero-order chi connectivity index (χ0) is 26.8. The molecule has 1 aromatic heterocycles. The summed E-state index contributed by atoms with van der Waals surface area (Å²) in [5, 5.41) is 23.9. The Kier molecular flexibility index (Phi) is 7.68. The first-order valence-corrected chi connectivity index (χ1v) is 12.5. The van der Waals surface area contributed by atoms with Crippen molar-refractivity contribution in [2.75, 3.05) is 6.54 Å². The molecule has 0 saturated carbocycles. The van der Waals surface area contributed by atoms with Gasteiger partial charge in [-0.1, -0.05) is 46.8 Å². The molecule has 3 rings (SSSR count). The third-order valence-corrected chi connectivity index (χ3v) is 6.86. The number of benzene rings is 1. The van der Waals surface area contributed by atoms with Crippen molar-refractivity contribution in [1.82, 2.24) is 15.2 Å². The quantitative estimate of drug-likeness (QED) is 0.490. The molecule has 0 saturated heterocycles. The topological polar surface area (TPSA) is 137 Å². The van der Waals surface area contributed by atoms with Crippen LogP contribution in [0.1, 0.15) is 68.0 Å². The van der Waals surface area contributed by atoms with Crippen LogP contribution in [0.5, 0.6) is 0 Å². The minimum atomic E-state index is -1.83. The third-order valence-electron chi connectivity index (χ3n) is 6.03. The molecule has 1 aromatic carbocycles. The number of amides is 2. The van der Waals surface area contributed by atoms with Gasteiger partial charge in [0.2, 0.25) is 5.91 Å². The first-order valence-electron chi connectivity index (χ1n) is 11.6. The van der Waals surface area contributed by atoms with Crippen molar-refractivity contribution >= 4 is 35.1 Å². The van der Waals surface area contributed by atoms with Gasteiger partial charge >= 0.3 is 11.9 Å². The van der Waals surface area contributed by atoms with Crippen LogP contribution in [0.15, 0.2) is 47.5 Å². The van der Waals surface area contributed by atoms with Gasteiger partial charge in [-0.25, -0.2) is 9.78 Å². The summed E-state index contributed by atoms with van der Waals surface area (Å²) in [5.41, 5.74) is -0.706. The number of aromatic nitrogens is 1. The van der Waals surface area contributed by atoms with Crippen LogP contribution < -0.4 is 5.32 Å². The van der Waals surface area contributed by atoms with Crippen LogP contribution in [-0.4, -0.2) is 55.9 Å². The van der Waals surface area contributed by atoms with Crippen LogP contribution in [-0.2, 0) is 19.8 Å². The molecular weight excluding hydrogens is 482 g/mol. The Hall–Kier alpha value is -3.53. The predicted octanol–water partition coefficient (Wildman–Crippen LogP) is 3.63. The largest absolute Gasteiger partial charge is 0.480 e. The number of thiazole rings is 1. The van der Waals surface area contributed by atoms with Crippen LogP contribution in [0.2, 0.25) is 0 Å². The van der Waals surface area contributed by atoms with Crippen LogP contribution in [0.25, 0.3) is 0 Å². The highest BCUT2D eigenvalue weighted by molar-refractivity contribution is 7.09. The summed E-state index contributed by atoms with van der Waals surface area (Å²) in [6.45, 7) is 9.17. The molecule has 0 radical (unpaired) electrons. The van der Waals surface area contributed by atoms with Gasteiger partial charge in [0.05, 0.1) is 0 Å². The van der Waals surface area contributed by atoms with Crippen molar-refractivity contribution in [3.63, 3.8) is 0 Å². The van der Waals surface area contributed by atoms with Crippen LogP contribution >= 0.6 is 11.3 Å². The number of carboxylic acid groups (broad SMARTS) is 2. The van der Waals surface area contributed by atoms with Gasteiger partial charge < -0.3 is 20.4 Å². The van der Waals surface area contributed by atoms with Gasteiger partial charge in [-0.15, -0.1) is 11.3 Å². The van der Waals surface area contributed by atoms with E-state index in [4.69, 9.17) is 5.11 Å². The van der Waals surface area contributed by atoms with Crippen LogP contribution in [0, 0.1) is 5.92 Å². The fourth-order valence-corrected chi connectivity index (χ4v) is 5.16. The van der Waals surface area contributed by atoms with E-state index in [-0.39, 0.29) is 28.9 Å². The SMILES string of the molecule is CC(C)C[C@@]1(C(=O)O)C=C(C(=O)NCC(=O)O)[C@@H](c2nccs2)N1C(=O)c1ccc(C(C)(C)C)cc1. The van der Waals surface area contributed by atoms with Gasteiger partial charge in [0.15, 0.2) is 5.54 Å². The van der Waals surface area contributed by atoms with E-state index in [0.717, 1.165) is 5.56 Å². The average Bonchev–Trinajstić information content (AvgIpc) is 3.42. The summed E-state index contributed by atoms with van der Waals surface area (Å²) >= 11 is 1.18. The van der Waals surface area contributed by atoms with Gasteiger partial charge in [-0.3, -0.25) is 14.4 Å². The summed E-state index contributed by atoms with van der Waals surface area (Å²) in [4.78, 5) is 56.6. The number of nitrogens with one attached hydrogen (secondary N) is 1. The van der Waals surface area contributed by atoms with Crippen LogP contribution in [0.3, 0.4) is 0 Å². The van der Waals surface area contributed by atoms with Gasteiger partial charge in [0, 0.05) is 22.7 Å². The molecule has 1 aliphatic heterocycles. The highest BCUT2D eigenvalue weighted by Gasteiger charge is 2.56. The number of hydrogen-bond donors (Lipinski definition) is 3. The Balaban J connectivity index is 2.19. The van der Waals surface area contributed by atoms with Crippen molar-refractivity contribution in [3.8, 4) is 0 Å². The van der Waals surface area contributed by atoms with Gasteiger partial charge in [0.25, 0.3) is 5.91 Å². The Morgan fingerprint density at radius 2 is 1.78 bits per heavy atom. The maximum absolute atomic E-state index is 14.0. The van der Waals surface area contributed by atoms with Crippen molar-refractivity contribution in [2.45, 2.75) is 58.0 Å². The molecule has 2 aromatic rings. The van der Waals surface area contributed by atoms with Crippen molar-refractivity contribution in [1.29, 1.82) is 0 Å². The normalized spacial score (nSPS) is 19.8. The van der Waals surface area contributed by atoms with Crippen molar-refractivity contribution < 1.29 is 29.4 Å². The molecular formula is C26H31N3O6S. The first-order chi connectivity index (χ1) is 16.8. The Morgan fingerprint density at radius 1 is 1.14 bits per heavy atom. The Morgan fingerprint density at radius 3 is 2.25 bits per heavy atom. The van der Waals surface area contributed by atoms with Crippen LogP contribution in [0.4, 0.5) is 0 Å². The second-order valence-electron chi connectivity index (χ2n) is 10.3. The van der Waals surface area contributed by atoms with E-state index in [1.54, 1.807) is 17.5 Å². The third kappa shape index (κ3) is 5.33.